The highest BCUT2D eigenvalue weighted by Crippen LogP contribution is 2.17. The molecule has 2 rings (SSSR count). The van der Waals surface area contributed by atoms with Crippen molar-refractivity contribution in [3.8, 4) is 0 Å². The van der Waals surface area contributed by atoms with Gasteiger partial charge in [0.05, 0.1) is 11.0 Å². The molecule has 0 radical (unpaired) electrons. The van der Waals surface area contributed by atoms with Gasteiger partial charge in [-0.15, -0.1) is 0 Å². The van der Waals surface area contributed by atoms with Crippen LogP contribution in [0.3, 0.4) is 0 Å². The standard InChI is InChI=1S/C15H23ClN2O3S/c1-12-5-7-18(8-6-12)11-14(19)10-17-22(20,21)15-4-2-3-13(16)9-15/h2-4,9,12,14,17,19H,5-8,10-11H2,1H3. The van der Waals surface area contributed by atoms with Gasteiger partial charge in [0, 0.05) is 18.1 Å². The second-order valence-corrected chi connectivity index (χ2v) is 8.15. The predicted octanol–water partition coefficient (Wildman–Crippen LogP) is 1.71. The second kappa shape index (κ2) is 7.75. The Kier molecular flexibility index (Phi) is 6.23. The Bertz CT molecular complexity index is 586. The third-order valence-corrected chi connectivity index (χ3v) is 5.62. The lowest BCUT2D eigenvalue weighted by Gasteiger charge is -2.31. The molecule has 0 saturated carbocycles. The van der Waals surface area contributed by atoms with Gasteiger partial charge in [-0.2, -0.15) is 0 Å². The van der Waals surface area contributed by atoms with Crippen LogP contribution in [0.25, 0.3) is 0 Å². The Morgan fingerprint density at radius 1 is 1.41 bits per heavy atom. The predicted molar refractivity (Wildman–Crippen MR) is 87.5 cm³/mol. The zero-order chi connectivity index (χ0) is 16.2. The van der Waals surface area contributed by atoms with E-state index >= 15 is 0 Å². The second-order valence-electron chi connectivity index (χ2n) is 5.95. The van der Waals surface area contributed by atoms with Crippen molar-refractivity contribution in [2.24, 2.45) is 5.92 Å². The van der Waals surface area contributed by atoms with Gasteiger partial charge in [0.25, 0.3) is 0 Å². The summed E-state index contributed by atoms with van der Waals surface area (Å²) in [6, 6.07) is 6.07. The largest absolute Gasteiger partial charge is 0.390 e. The number of β-amino-alcohol motifs (C(OH)–C–C–N with tert-alkyl or cyclic N) is 1. The molecule has 0 bridgehead atoms. The third kappa shape index (κ3) is 5.21. The fraction of sp³-hybridized carbons (Fsp3) is 0.600. The van der Waals surface area contributed by atoms with Crippen molar-refractivity contribution >= 4 is 21.6 Å². The maximum Gasteiger partial charge on any atom is 0.240 e. The van der Waals surface area contributed by atoms with Crippen LogP contribution in [0, 0.1) is 5.92 Å². The van der Waals surface area contributed by atoms with E-state index in [1.165, 1.54) is 12.1 Å². The van der Waals surface area contributed by atoms with E-state index < -0.39 is 16.1 Å². The molecule has 1 fully saturated rings. The van der Waals surface area contributed by atoms with Crippen molar-refractivity contribution in [3.63, 3.8) is 0 Å². The van der Waals surface area contributed by atoms with Crippen LogP contribution >= 0.6 is 11.6 Å². The summed E-state index contributed by atoms with van der Waals surface area (Å²) in [5.74, 6) is 0.731. The number of aliphatic hydroxyl groups is 1. The highest BCUT2D eigenvalue weighted by Gasteiger charge is 2.20. The Hall–Kier alpha value is -0.660. The van der Waals surface area contributed by atoms with Crippen molar-refractivity contribution in [2.75, 3.05) is 26.2 Å². The molecule has 1 aliphatic rings. The number of likely N-dealkylation sites (tertiary alicyclic amines) is 1. The summed E-state index contributed by atoms with van der Waals surface area (Å²) >= 11 is 5.81. The van der Waals surface area contributed by atoms with E-state index in [-0.39, 0.29) is 11.4 Å². The smallest absolute Gasteiger partial charge is 0.240 e. The van der Waals surface area contributed by atoms with Crippen LogP contribution in [0.15, 0.2) is 29.2 Å². The van der Waals surface area contributed by atoms with Gasteiger partial charge >= 0.3 is 0 Å². The lowest BCUT2D eigenvalue weighted by Crippen LogP contribution is -2.43. The van der Waals surface area contributed by atoms with Gasteiger partial charge in [0.1, 0.15) is 0 Å². The van der Waals surface area contributed by atoms with Gasteiger partial charge < -0.3 is 10.0 Å². The molecule has 22 heavy (non-hydrogen) atoms. The monoisotopic (exact) mass is 346 g/mol. The van der Waals surface area contributed by atoms with E-state index in [9.17, 15) is 13.5 Å². The fourth-order valence-corrected chi connectivity index (χ4v) is 3.90. The quantitative estimate of drug-likeness (QED) is 0.822. The molecule has 124 valence electrons. The molecule has 2 N–H and O–H groups in total. The topological polar surface area (TPSA) is 69.6 Å². The molecule has 5 nitrogen and oxygen atoms in total. The van der Waals surface area contributed by atoms with Crippen LogP contribution in [-0.2, 0) is 10.0 Å². The first-order chi connectivity index (χ1) is 10.4. The number of nitrogens with zero attached hydrogens (tertiary/aromatic N) is 1. The van der Waals surface area contributed by atoms with Crippen LogP contribution in [0.4, 0.5) is 0 Å². The molecular formula is C15H23ClN2O3S. The molecular weight excluding hydrogens is 324 g/mol. The molecule has 1 saturated heterocycles. The van der Waals surface area contributed by atoms with Crippen molar-refractivity contribution in [2.45, 2.75) is 30.8 Å². The number of benzene rings is 1. The summed E-state index contributed by atoms with van der Waals surface area (Å²) in [5.41, 5.74) is 0. The molecule has 0 amide bonds. The number of piperidine rings is 1. The normalized spacial score (nSPS) is 19.2. The van der Waals surface area contributed by atoms with Crippen molar-refractivity contribution in [1.82, 2.24) is 9.62 Å². The van der Waals surface area contributed by atoms with Crippen LogP contribution in [-0.4, -0.2) is 50.7 Å². The zero-order valence-corrected chi connectivity index (χ0v) is 14.3. The highest BCUT2D eigenvalue weighted by molar-refractivity contribution is 7.89. The van der Waals surface area contributed by atoms with Crippen LogP contribution in [0.2, 0.25) is 5.02 Å². The van der Waals surface area contributed by atoms with Gasteiger partial charge in [0.2, 0.25) is 10.0 Å². The van der Waals surface area contributed by atoms with Gasteiger partial charge in [-0.1, -0.05) is 24.6 Å². The highest BCUT2D eigenvalue weighted by atomic mass is 35.5. The summed E-state index contributed by atoms with van der Waals surface area (Å²) in [6.45, 7) is 4.64. The molecule has 1 aliphatic heterocycles. The number of aliphatic hydroxyl groups excluding tert-OH is 1. The van der Waals surface area contributed by atoms with E-state index in [0.717, 1.165) is 31.8 Å². The van der Waals surface area contributed by atoms with E-state index in [2.05, 4.69) is 16.5 Å². The van der Waals surface area contributed by atoms with Crippen LogP contribution in [0.5, 0.6) is 0 Å². The van der Waals surface area contributed by atoms with Gasteiger partial charge in [-0.05, 0) is 50.0 Å². The maximum absolute atomic E-state index is 12.1. The summed E-state index contributed by atoms with van der Waals surface area (Å²) < 4.78 is 26.7. The summed E-state index contributed by atoms with van der Waals surface area (Å²) in [7, 11) is -3.64. The third-order valence-electron chi connectivity index (χ3n) is 3.96. The number of hydrogen-bond donors (Lipinski definition) is 2. The minimum Gasteiger partial charge on any atom is -0.390 e. The van der Waals surface area contributed by atoms with E-state index in [1.54, 1.807) is 12.1 Å². The minimum atomic E-state index is -3.64. The van der Waals surface area contributed by atoms with Gasteiger partial charge in [-0.3, -0.25) is 0 Å². The van der Waals surface area contributed by atoms with E-state index in [0.29, 0.717) is 11.6 Å². The molecule has 0 aliphatic carbocycles. The number of sulfonamides is 1. The summed E-state index contributed by atoms with van der Waals surface area (Å²) in [5, 5.41) is 10.4. The average Bonchev–Trinajstić information content (AvgIpc) is 2.48. The first-order valence-electron chi connectivity index (χ1n) is 7.52. The van der Waals surface area contributed by atoms with Gasteiger partial charge in [-0.25, -0.2) is 13.1 Å². The molecule has 1 aromatic rings. The molecule has 1 atom stereocenters. The zero-order valence-electron chi connectivity index (χ0n) is 12.7. The number of halogens is 1. The SMILES string of the molecule is CC1CCN(CC(O)CNS(=O)(=O)c2cccc(Cl)c2)CC1. The maximum atomic E-state index is 12.1. The Balaban J connectivity index is 1.83. The Labute approximate surface area is 137 Å². The lowest BCUT2D eigenvalue weighted by atomic mass is 9.99. The molecule has 7 heteroatoms. The molecule has 1 unspecified atom stereocenters. The lowest BCUT2D eigenvalue weighted by molar-refractivity contribution is 0.0942. The number of rotatable bonds is 6. The van der Waals surface area contributed by atoms with Crippen molar-refractivity contribution in [3.05, 3.63) is 29.3 Å². The van der Waals surface area contributed by atoms with Gasteiger partial charge in [0.15, 0.2) is 0 Å². The molecule has 0 aromatic heterocycles. The Morgan fingerprint density at radius 2 is 2.09 bits per heavy atom. The Morgan fingerprint density at radius 3 is 2.73 bits per heavy atom. The summed E-state index contributed by atoms with van der Waals surface area (Å²) in [6.07, 6.45) is 1.53. The fourth-order valence-electron chi connectivity index (χ4n) is 2.53. The molecule has 0 spiro atoms. The molecule has 1 heterocycles. The summed E-state index contributed by atoms with van der Waals surface area (Å²) in [4.78, 5) is 2.29. The van der Waals surface area contributed by atoms with E-state index in [1.807, 2.05) is 0 Å². The first-order valence-corrected chi connectivity index (χ1v) is 9.38. The minimum absolute atomic E-state index is 0.000893. The number of hydrogen-bond acceptors (Lipinski definition) is 4. The average molecular weight is 347 g/mol. The molecule has 1 aromatic carbocycles. The van der Waals surface area contributed by atoms with Crippen molar-refractivity contribution < 1.29 is 13.5 Å². The van der Waals surface area contributed by atoms with Crippen LogP contribution < -0.4 is 4.72 Å². The van der Waals surface area contributed by atoms with Crippen LogP contribution in [0.1, 0.15) is 19.8 Å². The van der Waals surface area contributed by atoms with Crippen molar-refractivity contribution in [1.29, 1.82) is 0 Å². The first kappa shape index (κ1) is 17.7. The number of nitrogens with one attached hydrogen (secondary N) is 1. The van der Waals surface area contributed by atoms with E-state index in [4.69, 9.17) is 11.6 Å².